The Morgan fingerprint density at radius 1 is 1.13 bits per heavy atom. The Balaban J connectivity index is 1.81. The summed E-state index contributed by atoms with van der Waals surface area (Å²) in [5, 5.41) is 10.6. The number of aliphatic hydroxyl groups is 1. The van der Waals surface area contributed by atoms with E-state index >= 15 is 0 Å². The van der Waals surface area contributed by atoms with Gasteiger partial charge in [0.05, 0.1) is 40.3 Å². The largest absolute Gasteiger partial charge is 0.387 e. The van der Waals surface area contributed by atoms with Crippen molar-refractivity contribution in [3.05, 3.63) is 77.7 Å². The first-order valence-corrected chi connectivity index (χ1v) is 11.6. The Kier molecular flexibility index (Phi) is 4.65. The van der Waals surface area contributed by atoms with E-state index < -0.39 is 16.1 Å². The summed E-state index contributed by atoms with van der Waals surface area (Å²) in [6.45, 7) is 1.60. The van der Waals surface area contributed by atoms with Crippen molar-refractivity contribution in [2.75, 3.05) is 0 Å². The minimum absolute atomic E-state index is 0.0398. The van der Waals surface area contributed by atoms with Gasteiger partial charge in [-0.1, -0.05) is 24.3 Å². The van der Waals surface area contributed by atoms with E-state index in [1.807, 2.05) is 18.2 Å². The molecule has 0 bridgehead atoms. The Morgan fingerprint density at radius 2 is 1.90 bits per heavy atom. The van der Waals surface area contributed by atoms with Gasteiger partial charge in [-0.25, -0.2) is 12.4 Å². The third-order valence-corrected chi connectivity index (χ3v) is 7.58. The Hall–Kier alpha value is -3.07. The molecule has 0 amide bonds. The molecule has 31 heavy (non-hydrogen) atoms. The highest BCUT2D eigenvalue weighted by Crippen LogP contribution is 2.39. The molecular weight excluding hydrogens is 412 g/mol. The molecule has 0 aliphatic heterocycles. The molecule has 4 aromatic rings. The summed E-state index contributed by atoms with van der Waals surface area (Å²) >= 11 is 0. The van der Waals surface area contributed by atoms with E-state index in [4.69, 9.17) is 5.73 Å². The Labute approximate surface area is 180 Å². The van der Waals surface area contributed by atoms with E-state index in [1.165, 1.54) is 16.4 Å². The van der Waals surface area contributed by atoms with Gasteiger partial charge in [0, 0.05) is 11.4 Å². The lowest BCUT2D eigenvalue weighted by molar-refractivity contribution is 0.194. The first-order valence-electron chi connectivity index (χ1n) is 10.1. The normalized spacial score (nSPS) is 17.1. The lowest BCUT2D eigenvalue weighted by Gasteiger charge is -2.13. The molecule has 0 unspecified atom stereocenters. The first kappa shape index (κ1) is 19.9. The SMILES string of the molecule is C[C@@H](O)c1cnc(-c2cc3c4c(ccc3n2S(=O)(=O)c2ccccc2)[C@H](N)CC4)cn1. The van der Waals surface area contributed by atoms with Crippen molar-refractivity contribution in [1.29, 1.82) is 0 Å². The van der Waals surface area contributed by atoms with Crippen LogP contribution in [0.2, 0.25) is 0 Å². The van der Waals surface area contributed by atoms with E-state index in [0.717, 1.165) is 29.4 Å². The van der Waals surface area contributed by atoms with Gasteiger partial charge in [-0.3, -0.25) is 9.97 Å². The summed E-state index contributed by atoms with van der Waals surface area (Å²) in [5.74, 6) is 0. The van der Waals surface area contributed by atoms with Gasteiger partial charge in [-0.05, 0) is 55.2 Å². The quantitative estimate of drug-likeness (QED) is 0.510. The summed E-state index contributed by atoms with van der Waals surface area (Å²) in [7, 11) is -3.89. The third-order valence-electron chi connectivity index (χ3n) is 5.84. The zero-order valence-electron chi connectivity index (χ0n) is 16.9. The predicted octanol–water partition coefficient (Wildman–Crippen LogP) is 3.33. The molecule has 0 saturated heterocycles. The van der Waals surface area contributed by atoms with E-state index in [1.54, 1.807) is 37.3 Å². The maximum Gasteiger partial charge on any atom is 0.268 e. The maximum absolute atomic E-state index is 13.7. The molecule has 3 N–H and O–H groups in total. The lowest BCUT2D eigenvalue weighted by Crippen LogP contribution is -2.14. The van der Waals surface area contributed by atoms with Crippen molar-refractivity contribution in [2.24, 2.45) is 5.73 Å². The van der Waals surface area contributed by atoms with Crippen LogP contribution >= 0.6 is 0 Å². The monoisotopic (exact) mass is 434 g/mol. The van der Waals surface area contributed by atoms with Crippen molar-refractivity contribution in [3.63, 3.8) is 0 Å². The second kappa shape index (κ2) is 7.26. The van der Waals surface area contributed by atoms with Crippen molar-refractivity contribution in [1.82, 2.24) is 13.9 Å². The average molecular weight is 435 g/mol. The number of aliphatic hydroxyl groups excluding tert-OH is 1. The molecule has 2 atom stereocenters. The van der Waals surface area contributed by atoms with Gasteiger partial charge >= 0.3 is 0 Å². The fourth-order valence-corrected chi connectivity index (χ4v) is 5.77. The van der Waals surface area contributed by atoms with Gasteiger partial charge < -0.3 is 10.8 Å². The second-order valence-corrected chi connectivity index (χ2v) is 9.61. The molecule has 1 aliphatic rings. The number of nitrogens with zero attached hydrogens (tertiary/aromatic N) is 3. The zero-order valence-corrected chi connectivity index (χ0v) is 17.7. The molecule has 0 fully saturated rings. The second-order valence-electron chi connectivity index (χ2n) is 7.83. The van der Waals surface area contributed by atoms with Gasteiger partial charge in [0.1, 0.15) is 5.69 Å². The van der Waals surface area contributed by atoms with Crippen LogP contribution < -0.4 is 5.73 Å². The van der Waals surface area contributed by atoms with Crippen molar-refractivity contribution in [3.8, 4) is 11.4 Å². The van der Waals surface area contributed by atoms with E-state index in [2.05, 4.69) is 9.97 Å². The van der Waals surface area contributed by atoms with E-state index in [-0.39, 0.29) is 10.9 Å². The molecule has 1 aliphatic carbocycles. The Bertz CT molecular complexity index is 1380. The van der Waals surface area contributed by atoms with E-state index in [9.17, 15) is 13.5 Å². The molecule has 2 heterocycles. The maximum atomic E-state index is 13.7. The van der Waals surface area contributed by atoms with Crippen LogP contribution in [-0.4, -0.2) is 27.5 Å². The zero-order chi connectivity index (χ0) is 21.8. The lowest BCUT2D eigenvalue weighted by atomic mass is 10.0. The van der Waals surface area contributed by atoms with Gasteiger partial charge in [-0.15, -0.1) is 0 Å². The summed E-state index contributed by atoms with van der Waals surface area (Å²) in [4.78, 5) is 8.87. The highest BCUT2D eigenvalue weighted by Gasteiger charge is 2.28. The summed E-state index contributed by atoms with van der Waals surface area (Å²) in [6.07, 6.45) is 3.85. The van der Waals surface area contributed by atoms with Gasteiger partial charge in [0.25, 0.3) is 10.0 Å². The fourth-order valence-electron chi connectivity index (χ4n) is 4.24. The minimum Gasteiger partial charge on any atom is -0.387 e. The molecule has 158 valence electrons. The molecular formula is C23H22N4O3S. The number of benzene rings is 2. The molecule has 5 rings (SSSR count). The Morgan fingerprint density at radius 3 is 2.58 bits per heavy atom. The first-order chi connectivity index (χ1) is 14.9. The van der Waals surface area contributed by atoms with Crippen LogP contribution in [0.5, 0.6) is 0 Å². The van der Waals surface area contributed by atoms with Crippen LogP contribution in [0.25, 0.3) is 22.3 Å². The average Bonchev–Trinajstić information content (AvgIpc) is 3.35. The highest BCUT2D eigenvalue weighted by molar-refractivity contribution is 7.90. The summed E-state index contributed by atoms with van der Waals surface area (Å²) in [6, 6.07) is 13.9. The van der Waals surface area contributed by atoms with Crippen LogP contribution in [0.15, 0.2) is 65.8 Å². The predicted molar refractivity (Wildman–Crippen MR) is 118 cm³/mol. The van der Waals surface area contributed by atoms with Gasteiger partial charge in [0.15, 0.2) is 0 Å². The van der Waals surface area contributed by atoms with Crippen LogP contribution in [0.4, 0.5) is 0 Å². The molecule has 7 nitrogen and oxygen atoms in total. The number of aromatic nitrogens is 3. The fraction of sp³-hybridized carbons (Fsp3) is 0.217. The van der Waals surface area contributed by atoms with Crippen LogP contribution in [0, 0.1) is 0 Å². The van der Waals surface area contributed by atoms with Crippen LogP contribution in [0.3, 0.4) is 0 Å². The minimum atomic E-state index is -3.89. The molecule has 0 radical (unpaired) electrons. The number of fused-ring (bicyclic) bond motifs is 3. The number of aryl methyl sites for hydroxylation is 1. The van der Waals surface area contributed by atoms with Crippen LogP contribution in [-0.2, 0) is 16.4 Å². The number of hydrogen-bond acceptors (Lipinski definition) is 6. The molecule has 2 aromatic carbocycles. The van der Waals surface area contributed by atoms with Crippen molar-refractivity contribution < 1.29 is 13.5 Å². The van der Waals surface area contributed by atoms with E-state index in [0.29, 0.717) is 22.6 Å². The third kappa shape index (κ3) is 3.15. The molecule has 8 heteroatoms. The molecule has 0 saturated carbocycles. The number of hydrogen-bond donors (Lipinski definition) is 2. The number of nitrogens with two attached hydrogens (primary N) is 1. The van der Waals surface area contributed by atoms with Gasteiger partial charge in [0.2, 0.25) is 0 Å². The molecule has 0 spiro atoms. The standard InChI is InChI=1S/C23H22N4O3S/c1-14(28)20-12-26-21(13-25-20)23-11-18-16-7-9-19(24)17(16)8-10-22(18)27(23)31(29,30)15-5-3-2-4-6-15/h2-6,8,10-14,19,28H,7,9,24H2,1H3/t14-,19-/m1/s1. The number of rotatable bonds is 4. The topological polar surface area (TPSA) is 111 Å². The highest BCUT2D eigenvalue weighted by atomic mass is 32.2. The summed E-state index contributed by atoms with van der Waals surface area (Å²) < 4.78 is 28.7. The van der Waals surface area contributed by atoms with Gasteiger partial charge in [-0.2, -0.15) is 0 Å². The smallest absolute Gasteiger partial charge is 0.268 e. The molecule has 2 aromatic heterocycles. The van der Waals surface area contributed by atoms with Crippen molar-refractivity contribution >= 4 is 20.9 Å². The van der Waals surface area contributed by atoms with Crippen molar-refractivity contribution in [2.45, 2.75) is 36.8 Å². The van der Waals surface area contributed by atoms with Crippen LogP contribution in [0.1, 0.15) is 42.3 Å². The summed E-state index contributed by atoms with van der Waals surface area (Å²) in [5.41, 5.74) is 10.2.